The van der Waals surface area contributed by atoms with Gasteiger partial charge in [0.05, 0.1) is 0 Å². The summed E-state index contributed by atoms with van der Waals surface area (Å²) in [6, 6.07) is 11.7. The first-order valence-electron chi connectivity index (χ1n) is 6.28. The summed E-state index contributed by atoms with van der Waals surface area (Å²) in [5.41, 5.74) is 10.6. The lowest BCUT2D eigenvalue weighted by molar-refractivity contribution is 0.157. The highest BCUT2D eigenvalue weighted by Crippen LogP contribution is 2.25. The molecule has 0 unspecified atom stereocenters. The maximum Gasteiger partial charge on any atom is 0.428 e. The fourth-order valence-electron chi connectivity index (χ4n) is 2.09. The predicted molar refractivity (Wildman–Crippen MR) is 77.3 cm³/mol. The normalized spacial score (nSPS) is 14.1. The number of halogens is 1. The number of anilines is 1. The third kappa shape index (κ3) is 2.69. The summed E-state index contributed by atoms with van der Waals surface area (Å²) in [4.78, 5) is 10.9. The molecule has 3 N–H and O–H groups in total. The minimum atomic E-state index is -0.615. The Morgan fingerprint density at radius 2 is 2.05 bits per heavy atom. The summed E-state index contributed by atoms with van der Waals surface area (Å²) in [6.07, 6.45) is -0.615. The van der Waals surface area contributed by atoms with Gasteiger partial charge >= 0.3 is 6.09 Å². The number of benzene rings is 2. The number of amides is 1. The van der Waals surface area contributed by atoms with E-state index in [9.17, 15) is 9.18 Å². The number of hydrogen-bond donors (Lipinski definition) is 2. The number of hydrogen-bond acceptors (Lipinski definition) is 4. The Kier molecular flexibility index (Phi) is 3.27. The molecule has 0 bridgehead atoms. The quantitative estimate of drug-likeness (QED) is 0.832. The molecule has 21 heavy (non-hydrogen) atoms. The van der Waals surface area contributed by atoms with E-state index in [2.05, 4.69) is 10.5 Å². The van der Waals surface area contributed by atoms with Gasteiger partial charge in [0.1, 0.15) is 18.1 Å². The first-order chi connectivity index (χ1) is 10.1. The van der Waals surface area contributed by atoms with Crippen molar-refractivity contribution in [2.24, 2.45) is 5.10 Å². The van der Waals surface area contributed by atoms with E-state index >= 15 is 0 Å². The van der Waals surface area contributed by atoms with Crippen molar-refractivity contribution in [1.29, 1.82) is 0 Å². The number of carbonyl (C=O) groups excluding carboxylic acids is 1. The van der Waals surface area contributed by atoms with Crippen molar-refractivity contribution < 1.29 is 13.9 Å². The molecule has 0 saturated heterocycles. The Morgan fingerprint density at radius 3 is 2.71 bits per heavy atom. The van der Waals surface area contributed by atoms with Crippen LogP contribution in [0, 0.1) is 5.82 Å². The summed E-state index contributed by atoms with van der Waals surface area (Å²) in [5, 5.41) is 3.84. The van der Waals surface area contributed by atoms with E-state index in [0.29, 0.717) is 28.1 Å². The predicted octanol–water partition coefficient (Wildman–Crippen LogP) is 2.52. The van der Waals surface area contributed by atoms with Gasteiger partial charge < -0.3 is 10.5 Å². The van der Waals surface area contributed by atoms with E-state index in [0.717, 1.165) is 0 Å². The van der Waals surface area contributed by atoms with Crippen molar-refractivity contribution in [3.8, 4) is 11.1 Å². The van der Waals surface area contributed by atoms with E-state index in [-0.39, 0.29) is 6.61 Å². The van der Waals surface area contributed by atoms with E-state index < -0.39 is 11.9 Å². The molecule has 2 aromatic rings. The molecular formula is C15H12FN3O2. The minimum Gasteiger partial charge on any atom is -0.442 e. The van der Waals surface area contributed by atoms with Crippen LogP contribution >= 0.6 is 0 Å². The molecule has 0 radical (unpaired) electrons. The molecule has 0 aliphatic carbocycles. The van der Waals surface area contributed by atoms with Crippen LogP contribution in [0.4, 0.5) is 14.9 Å². The molecule has 106 valence electrons. The van der Waals surface area contributed by atoms with Crippen molar-refractivity contribution in [1.82, 2.24) is 5.43 Å². The smallest absolute Gasteiger partial charge is 0.428 e. The molecule has 0 spiro atoms. The lowest BCUT2D eigenvalue weighted by Crippen LogP contribution is -2.30. The van der Waals surface area contributed by atoms with Crippen LogP contribution in [-0.4, -0.2) is 18.4 Å². The topological polar surface area (TPSA) is 76.7 Å². The van der Waals surface area contributed by atoms with Crippen molar-refractivity contribution in [2.45, 2.75) is 0 Å². The maximum atomic E-state index is 14.3. The van der Waals surface area contributed by atoms with Crippen molar-refractivity contribution in [2.75, 3.05) is 12.3 Å². The van der Waals surface area contributed by atoms with Crippen molar-refractivity contribution >= 4 is 17.5 Å². The molecule has 6 heteroatoms. The van der Waals surface area contributed by atoms with Crippen LogP contribution in [-0.2, 0) is 4.74 Å². The fraction of sp³-hybridized carbons (Fsp3) is 0.0667. The van der Waals surface area contributed by atoms with Gasteiger partial charge in [-0.25, -0.2) is 14.6 Å². The van der Waals surface area contributed by atoms with Gasteiger partial charge in [0.25, 0.3) is 0 Å². The molecule has 2 aromatic carbocycles. The highest BCUT2D eigenvalue weighted by molar-refractivity contribution is 6.03. The molecule has 1 aliphatic rings. The Hall–Kier alpha value is -2.89. The highest BCUT2D eigenvalue weighted by atomic mass is 19.1. The summed E-state index contributed by atoms with van der Waals surface area (Å²) in [5.74, 6) is -0.391. The Morgan fingerprint density at radius 1 is 1.19 bits per heavy atom. The number of rotatable bonds is 2. The van der Waals surface area contributed by atoms with Gasteiger partial charge in [-0.15, -0.1) is 0 Å². The molecule has 0 saturated carbocycles. The molecule has 0 atom stereocenters. The fourth-order valence-corrected chi connectivity index (χ4v) is 2.09. The van der Waals surface area contributed by atoms with Gasteiger partial charge in [0, 0.05) is 16.8 Å². The van der Waals surface area contributed by atoms with Gasteiger partial charge in [-0.1, -0.05) is 24.3 Å². The summed E-state index contributed by atoms with van der Waals surface area (Å²) in [7, 11) is 0. The average Bonchev–Trinajstić information content (AvgIpc) is 2.48. The van der Waals surface area contributed by atoms with Crippen LogP contribution < -0.4 is 11.2 Å². The lowest BCUT2D eigenvalue weighted by atomic mass is 10.0. The zero-order chi connectivity index (χ0) is 14.8. The molecule has 3 rings (SSSR count). The Bertz CT molecular complexity index is 743. The second kappa shape index (κ2) is 5.24. The number of hydrazone groups is 1. The highest BCUT2D eigenvalue weighted by Gasteiger charge is 2.15. The number of ether oxygens (including phenoxy) is 1. The summed E-state index contributed by atoms with van der Waals surface area (Å²) in [6.45, 7) is 0.0168. The standard InChI is InChI=1S/C15H12FN3O2/c16-13-7-10(14-8-21-15(20)19-18-14)4-5-12(13)9-2-1-3-11(17)6-9/h1-7H,8,17H2,(H,19,20). The average molecular weight is 285 g/mol. The first-order valence-corrected chi connectivity index (χ1v) is 6.28. The van der Waals surface area contributed by atoms with Gasteiger partial charge in [0.15, 0.2) is 0 Å². The second-order valence-corrected chi connectivity index (χ2v) is 4.57. The van der Waals surface area contributed by atoms with Crippen molar-refractivity contribution in [3.63, 3.8) is 0 Å². The third-order valence-corrected chi connectivity index (χ3v) is 3.12. The van der Waals surface area contributed by atoms with Crippen LogP contribution in [0.3, 0.4) is 0 Å². The number of nitrogens with zero attached hydrogens (tertiary/aromatic N) is 1. The maximum absolute atomic E-state index is 14.3. The molecular weight excluding hydrogens is 273 g/mol. The molecule has 0 fully saturated rings. The Balaban J connectivity index is 1.95. The molecule has 5 nitrogen and oxygen atoms in total. The molecule has 0 aromatic heterocycles. The van der Waals surface area contributed by atoms with Crippen LogP contribution in [0.15, 0.2) is 47.6 Å². The molecule has 1 amide bonds. The zero-order valence-corrected chi connectivity index (χ0v) is 11.0. The summed E-state index contributed by atoms with van der Waals surface area (Å²) < 4.78 is 19.1. The number of nitrogen functional groups attached to an aromatic ring is 1. The Labute approximate surface area is 120 Å². The van der Waals surface area contributed by atoms with Crippen LogP contribution in [0.1, 0.15) is 5.56 Å². The molecule has 1 heterocycles. The molecule has 1 aliphatic heterocycles. The number of cyclic esters (lactones) is 1. The minimum absolute atomic E-state index is 0.0168. The van der Waals surface area contributed by atoms with Gasteiger partial charge in [-0.2, -0.15) is 5.10 Å². The van der Waals surface area contributed by atoms with Crippen LogP contribution in [0.5, 0.6) is 0 Å². The number of carbonyl (C=O) groups is 1. The van der Waals surface area contributed by atoms with Gasteiger partial charge in [0.2, 0.25) is 0 Å². The SMILES string of the molecule is Nc1cccc(-c2ccc(C3=NNC(=O)OC3)cc2F)c1. The monoisotopic (exact) mass is 285 g/mol. The van der Waals surface area contributed by atoms with E-state index in [1.165, 1.54) is 6.07 Å². The second-order valence-electron chi connectivity index (χ2n) is 4.57. The first kappa shape index (κ1) is 13.1. The number of nitrogens with two attached hydrogens (primary N) is 1. The largest absolute Gasteiger partial charge is 0.442 e. The third-order valence-electron chi connectivity index (χ3n) is 3.12. The van der Waals surface area contributed by atoms with Gasteiger partial charge in [-0.05, 0) is 23.8 Å². The van der Waals surface area contributed by atoms with E-state index in [1.54, 1.807) is 36.4 Å². The van der Waals surface area contributed by atoms with Crippen LogP contribution in [0.2, 0.25) is 0 Å². The lowest BCUT2D eigenvalue weighted by Gasteiger charge is -2.14. The zero-order valence-electron chi connectivity index (χ0n) is 11.0. The van der Waals surface area contributed by atoms with Gasteiger partial charge in [-0.3, -0.25) is 0 Å². The summed E-state index contributed by atoms with van der Waals surface area (Å²) >= 11 is 0. The van der Waals surface area contributed by atoms with E-state index in [4.69, 9.17) is 10.5 Å². The number of nitrogens with one attached hydrogen (secondary N) is 1. The van der Waals surface area contributed by atoms with Crippen molar-refractivity contribution in [3.05, 3.63) is 53.8 Å². The van der Waals surface area contributed by atoms with Crippen LogP contribution in [0.25, 0.3) is 11.1 Å². The van der Waals surface area contributed by atoms with E-state index in [1.807, 2.05) is 0 Å².